The van der Waals surface area contributed by atoms with Crippen LogP contribution >= 0.6 is 0 Å². The molecule has 14 heavy (non-hydrogen) atoms. The highest BCUT2D eigenvalue weighted by molar-refractivity contribution is 7.89. The van der Waals surface area contributed by atoms with Crippen LogP contribution in [0, 0.1) is 5.92 Å². The van der Waals surface area contributed by atoms with Gasteiger partial charge in [0.15, 0.2) is 0 Å². The third-order valence-corrected chi connectivity index (χ3v) is 3.23. The number of hydrogen-bond acceptors (Lipinski definition) is 3. The van der Waals surface area contributed by atoms with E-state index in [2.05, 4.69) is 4.72 Å². The maximum atomic E-state index is 11.2. The molecule has 84 valence electrons. The molecule has 0 aromatic rings. The van der Waals surface area contributed by atoms with E-state index < -0.39 is 21.9 Å². The Bertz CT molecular complexity index is 273. The second-order valence-corrected chi connectivity index (χ2v) is 5.19. The predicted octanol–water partition coefficient (Wildman–Crippen LogP) is 0.427. The average molecular weight is 223 g/mol. The molecule has 0 saturated carbocycles. The summed E-state index contributed by atoms with van der Waals surface area (Å²) in [4.78, 5) is 10.4. The van der Waals surface area contributed by atoms with Crippen molar-refractivity contribution in [3.05, 3.63) is 0 Å². The largest absolute Gasteiger partial charge is 0.481 e. The van der Waals surface area contributed by atoms with Crippen molar-refractivity contribution in [2.24, 2.45) is 5.92 Å². The number of unbranched alkanes of at least 4 members (excludes halogenated alkanes) is 1. The van der Waals surface area contributed by atoms with Crippen molar-refractivity contribution >= 4 is 16.0 Å². The van der Waals surface area contributed by atoms with E-state index in [-0.39, 0.29) is 12.3 Å². The Hall–Kier alpha value is -0.620. The van der Waals surface area contributed by atoms with Crippen molar-refractivity contribution in [2.45, 2.75) is 26.7 Å². The first-order valence-electron chi connectivity index (χ1n) is 4.59. The van der Waals surface area contributed by atoms with Gasteiger partial charge in [-0.15, -0.1) is 0 Å². The summed E-state index contributed by atoms with van der Waals surface area (Å²) in [7, 11) is -3.29. The lowest BCUT2D eigenvalue weighted by atomic mass is 10.2. The number of carboxylic acids is 1. The van der Waals surface area contributed by atoms with Crippen molar-refractivity contribution in [2.75, 3.05) is 12.3 Å². The highest BCUT2D eigenvalue weighted by Gasteiger charge is 2.15. The zero-order chi connectivity index (χ0) is 11.2. The lowest BCUT2D eigenvalue weighted by Gasteiger charge is -2.08. The van der Waals surface area contributed by atoms with Gasteiger partial charge in [0.1, 0.15) is 0 Å². The minimum atomic E-state index is -3.29. The van der Waals surface area contributed by atoms with Gasteiger partial charge in [0.05, 0.1) is 11.7 Å². The summed E-state index contributed by atoms with van der Waals surface area (Å²) in [5, 5.41) is 8.52. The number of rotatable bonds is 7. The van der Waals surface area contributed by atoms with Crippen LogP contribution in [0.3, 0.4) is 0 Å². The van der Waals surface area contributed by atoms with E-state index in [0.29, 0.717) is 6.42 Å². The SMILES string of the molecule is CCCCS(=O)(=O)NCC(C)C(=O)O. The van der Waals surface area contributed by atoms with Crippen molar-refractivity contribution in [3.63, 3.8) is 0 Å². The van der Waals surface area contributed by atoms with Gasteiger partial charge < -0.3 is 5.11 Å². The Morgan fingerprint density at radius 2 is 2.07 bits per heavy atom. The molecule has 0 aromatic carbocycles. The summed E-state index contributed by atoms with van der Waals surface area (Å²) in [6.07, 6.45) is 1.40. The summed E-state index contributed by atoms with van der Waals surface area (Å²) >= 11 is 0. The van der Waals surface area contributed by atoms with Crippen LogP contribution in [0.2, 0.25) is 0 Å². The molecule has 1 unspecified atom stereocenters. The molecular weight excluding hydrogens is 206 g/mol. The lowest BCUT2D eigenvalue weighted by molar-refractivity contribution is -0.140. The molecule has 5 nitrogen and oxygen atoms in total. The van der Waals surface area contributed by atoms with Crippen LogP contribution in [-0.4, -0.2) is 31.8 Å². The summed E-state index contributed by atoms with van der Waals surface area (Å²) < 4.78 is 24.7. The first kappa shape index (κ1) is 13.4. The molecular formula is C8H17NO4S. The molecule has 0 aliphatic rings. The van der Waals surface area contributed by atoms with Gasteiger partial charge in [0, 0.05) is 6.54 Å². The van der Waals surface area contributed by atoms with Crippen molar-refractivity contribution in [1.29, 1.82) is 0 Å². The second kappa shape index (κ2) is 5.98. The summed E-state index contributed by atoms with van der Waals surface area (Å²) in [5.41, 5.74) is 0. The van der Waals surface area contributed by atoms with E-state index in [1.54, 1.807) is 0 Å². The highest BCUT2D eigenvalue weighted by atomic mass is 32.2. The lowest BCUT2D eigenvalue weighted by Crippen LogP contribution is -2.33. The van der Waals surface area contributed by atoms with Gasteiger partial charge in [-0.1, -0.05) is 20.3 Å². The van der Waals surface area contributed by atoms with E-state index in [1.165, 1.54) is 6.92 Å². The number of nitrogens with one attached hydrogen (secondary N) is 1. The Balaban J connectivity index is 3.93. The highest BCUT2D eigenvalue weighted by Crippen LogP contribution is 1.97. The maximum absolute atomic E-state index is 11.2. The molecule has 0 heterocycles. The minimum Gasteiger partial charge on any atom is -0.481 e. The molecule has 0 fully saturated rings. The average Bonchev–Trinajstić information content (AvgIpc) is 2.11. The van der Waals surface area contributed by atoms with Crippen LogP contribution in [0.4, 0.5) is 0 Å². The molecule has 0 rings (SSSR count). The van der Waals surface area contributed by atoms with E-state index in [0.717, 1.165) is 6.42 Å². The van der Waals surface area contributed by atoms with Gasteiger partial charge >= 0.3 is 5.97 Å². The molecule has 0 aliphatic carbocycles. The first-order valence-corrected chi connectivity index (χ1v) is 6.24. The third kappa shape index (κ3) is 5.93. The standard InChI is InChI=1S/C8H17NO4S/c1-3-4-5-14(12,13)9-6-7(2)8(10)11/h7,9H,3-6H2,1-2H3,(H,10,11). The second-order valence-electron chi connectivity index (χ2n) is 3.26. The van der Waals surface area contributed by atoms with E-state index in [1.807, 2.05) is 6.92 Å². The molecule has 0 aromatic heterocycles. The Morgan fingerprint density at radius 3 is 2.50 bits per heavy atom. The molecule has 2 N–H and O–H groups in total. The van der Waals surface area contributed by atoms with E-state index in [4.69, 9.17) is 5.11 Å². The number of hydrogen-bond donors (Lipinski definition) is 2. The van der Waals surface area contributed by atoms with Crippen molar-refractivity contribution in [3.8, 4) is 0 Å². The monoisotopic (exact) mass is 223 g/mol. The summed E-state index contributed by atoms with van der Waals surface area (Å²) in [6.45, 7) is 3.32. The van der Waals surface area contributed by atoms with Crippen molar-refractivity contribution in [1.82, 2.24) is 4.72 Å². The molecule has 0 amide bonds. The number of sulfonamides is 1. The quantitative estimate of drug-likeness (QED) is 0.655. The molecule has 0 saturated heterocycles. The zero-order valence-corrected chi connectivity index (χ0v) is 9.30. The minimum absolute atomic E-state index is 0.0403. The molecule has 1 atom stereocenters. The number of carboxylic acid groups (broad SMARTS) is 1. The van der Waals surface area contributed by atoms with Gasteiger partial charge in [0.2, 0.25) is 10.0 Å². The van der Waals surface area contributed by atoms with Crippen LogP contribution in [0.5, 0.6) is 0 Å². The zero-order valence-electron chi connectivity index (χ0n) is 8.49. The number of carbonyl (C=O) groups is 1. The van der Waals surface area contributed by atoms with Crippen LogP contribution in [0.25, 0.3) is 0 Å². The van der Waals surface area contributed by atoms with Gasteiger partial charge in [-0.2, -0.15) is 0 Å². The van der Waals surface area contributed by atoms with Gasteiger partial charge in [-0.25, -0.2) is 13.1 Å². The first-order chi connectivity index (χ1) is 6.39. The molecule has 6 heteroatoms. The topological polar surface area (TPSA) is 83.5 Å². The Kier molecular flexibility index (Phi) is 5.71. The van der Waals surface area contributed by atoms with Gasteiger partial charge in [-0.3, -0.25) is 4.79 Å². The van der Waals surface area contributed by atoms with Crippen LogP contribution in [0.15, 0.2) is 0 Å². The number of aliphatic carboxylic acids is 1. The molecule has 0 aliphatic heterocycles. The Morgan fingerprint density at radius 1 is 1.50 bits per heavy atom. The Labute approximate surface area is 84.6 Å². The molecule has 0 bridgehead atoms. The van der Waals surface area contributed by atoms with Gasteiger partial charge in [-0.05, 0) is 6.42 Å². The van der Waals surface area contributed by atoms with Crippen molar-refractivity contribution < 1.29 is 18.3 Å². The summed E-state index contributed by atoms with van der Waals surface area (Å²) in [6, 6.07) is 0. The van der Waals surface area contributed by atoms with E-state index in [9.17, 15) is 13.2 Å². The fraction of sp³-hybridized carbons (Fsp3) is 0.875. The van der Waals surface area contributed by atoms with Crippen LogP contribution in [-0.2, 0) is 14.8 Å². The smallest absolute Gasteiger partial charge is 0.307 e. The predicted molar refractivity (Wildman–Crippen MR) is 53.5 cm³/mol. The van der Waals surface area contributed by atoms with Crippen LogP contribution < -0.4 is 4.72 Å². The normalized spacial score (nSPS) is 13.9. The molecule has 0 spiro atoms. The summed E-state index contributed by atoms with van der Waals surface area (Å²) in [5.74, 6) is -1.62. The third-order valence-electron chi connectivity index (χ3n) is 1.80. The molecule has 0 radical (unpaired) electrons. The fourth-order valence-corrected chi connectivity index (χ4v) is 2.06. The van der Waals surface area contributed by atoms with Gasteiger partial charge in [0.25, 0.3) is 0 Å². The fourth-order valence-electron chi connectivity index (χ4n) is 0.746. The van der Waals surface area contributed by atoms with E-state index >= 15 is 0 Å². The van der Waals surface area contributed by atoms with Crippen LogP contribution in [0.1, 0.15) is 26.7 Å². The maximum Gasteiger partial charge on any atom is 0.307 e.